The molecule has 0 bridgehead atoms. The number of nitrogens with one attached hydrogen (secondary N) is 1. The van der Waals surface area contributed by atoms with Gasteiger partial charge in [0, 0.05) is 30.8 Å². The van der Waals surface area contributed by atoms with Gasteiger partial charge in [-0.1, -0.05) is 18.2 Å². The molecule has 5 nitrogen and oxygen atoms in total. The second-order valence-electron chi connectivity index (χ2n) is 4.58. The lowest BCUT2D eigenvalue weighted by atomic mass is 10.2. The maximum absolute atomic E-state index is 10.8. The van der Waals surface area contributed by atoms with Gasteiger partial charge in [-0.3, -0.25) is 4.79 Å². The molecule has 0 aliphatic rings. The van der Waals surface area contributed by atoms with E-state index in [-0.39, 0.29) is 11.9 Å². The monoisotopic (exact) mass is 258 g/mol. The third-order valence-electron chi connectivity index (χ3n) is 2.82. The van der Waals surface area contributed by atoms with E-state index in [4.69, 9.17) is 5.73 Å². The second-order valence-corrected chi connectivity index (χ2v) is 4.58. The van der Waals surface area contributed by atoms with Crippen LogP contribution < -0.4 is 11.1 Å². The minimum atomic E-state index is -0.292. The first kappa shape index (κ1) is 13.3. The number of hydrogen-bond donors (Lipinski definition) is 2. The van der Waals surface area contributed by atoms with E-state index in [2.05, 4.69) is 10.4 Å². The maximum Gasteiger partial charge on any atom is 0.218 e. The molecule has 1 atom stereocenters. The van der Waals surface area contributed by atoms with Crippen molar-refractivity contribution in [3.05, 3.63) is 48.3 Å². The van der Waals surface area contributed by atoms with Crippen LogP contribution in [0.4, 0.5) is 0 Å². The highest BCUT2D eigenvalue weighted by atomic mass is 16.1. The highest BCUT2D eigenvalue weighted by Crippen LogP contribution is 2.07. The van der Waals surface area contributed by atoms with E-state index >= 15 is 0 Å². The summed E-state index contributed by atoms with van der Waals surface area (Å²) in [7, 11) is 0. The third kappa shape index (κ3) is 3.93. The Balaban J connectivity index is 1.93. The van der Waals surface area contributed by atoms with Crippen molar-refractivity contribution in [3.63, 3.8) is 0 Å². The number of nitrogens with two attached hydrogens (primary N) is 1. The van der Waals surface area contributed by atoms with Crippen molar-refractivity contribution in [2.24, 2.45) is 5.73 Å². The minimum absolute atomic E-state index is 0.0672. The summed E-state index contributed by atoms with van der Waals surface area (Å²) in [5, 5.41) is 7.55. The molecule has 100 valence electrons. The Morgan fingerprint density at radius 2 is 2.16 bits per heavy atom. The number of hydrogen-bond acceptors (Lipinski definition) is 3. The topological polar surface area (TPSA) is 72.9 Å². The molecule has 2 rings (SSSR count). The zero-order valence-corrected chi connectivity index (χ0v) is 10.9. The average molecular weight is 258 g/mol. The first-order valence-corrected chi connectivity index (χ1v) is 6.26. The van der Waals surface area contributed by atoms with E-state index in [1.165, 1.54) is 0 Å². The molecule has 0 saturated heterocycles. The van der Waals surface area contributed by atoms with Crippen molar-refractivity contribution in [2.45, 2.75) is 25.9 Å². The van der Waals surface area contributed by atoms with Gasteiger partial charge in [-0.05, 0) is 19.1 Å². The van der Waals surface area contributed by atoms with Gasteiger partial charge in [0.15, 0.2) is 0 Å². The molecule has 0 saturated carbocycles. The summed E-state index contributed by atoms with van der Waals surface area (Å²) in [6, 6.07) is 9.99. The Labute approximate surface area is 112 Å². The van der Waals surface area contributed by atoms with E-state index in [9.17, 15) is 4.79 Å². The molecule has 5 heteroatoms. The number of para-hydroxylation sites is 1. The predicted octanol–water partition coefficient (Wildman–Crippen LogP) is 1.23. The normalized spacial score (nSPS) is 12.3. The number of aromatic nitrogens is 2. The number of carbonyl (C=O) groups is 1. The number of carbonyl (C=O) groups excluding carboxylic acids is 1. The molecule has 1 aromatic heterocycles. The van der Waals surface area contributed by atoms with Crippen LogP contribution >= 0.6 is 0 Å². The zero-order chi connectivity index (χ0) is 13.7. The standard InChI is InChI=1S/C14H18N4O/c1-11(7-14(15)19)16-8-12-9-17-18(10-12)13-5-3-2-4-6-13/h2-6,9-11,16H,7-8H2,1H3,(H2,15,19). The molecular formula is C14H18N4O. The SMILES string of the molecule is CC(CC(N)=O)NCc1cnn(-c2ccccc2)c1. The lowest BCUT2D eigenvalue weighted by Gasteiger charge is -2.10. The first-order valence-electron chi connectivity index (χ1n) is 6.26. The van der Waals surface area contributed by atoms with Crippen LogP contribution in [0.3, 0.4) is 0 Å². The average Bonchev–Trinajstić information content (AvgIpc) is 2.85. The first-order chi connectivity index (χ1) is 9.15. The predicted molar refractivity (Wildman–Crippen MR) is 73.7 cm³/mol. The van der Waals surface area contributed by atoms with E-state index in [0.29, 0.717) is 13.0 Å². The summed E-state index contributed by atoms with van der Waals surface area (Å²) >= 11 is 0. The van der Waals surface area contributed by atoms with Crippen LogP contribution in [0.15, 0.2) is 42.7 Å². The van der Waals surface area contributed by atoms with E-state index in [1.807, 2.05) is 54.3 Å². The molecule has 1 amide bonds. The Kier molecular flexibility index (Phi) is 4.30. The third-order valence-corrected chi connectivity index (χ3v) is 2.82. The summed E-state index contributed by atoms with van der Waals surface area (Å²) < 4.78 is 1.83. The smallest absolute Gasteiger partial charge is 0.218 e. The molecule has 1 unspecified atom stereocenters. The molecule has 1 aromatic carbocycles. The van der Waals surface area contributed by atoms with Crippen molar-refractivity contribution >= 4 is 5.91 Å². The number of primary amides is 1. The van der Waals surface area contributed by atoms with Crippen molar-refractivity contribution in [1.29, 1.82) is 0 Å². The molecule has 19 heavy (non-hydrogen) atoms. The molecule has 0 fully saturated rings. The van der Waals surface area contributed by atoms with Gasteiger partial charge in [-0.2, -0.15) is 5.10 Å². The van der Waals surface area contributed by atoms with E-state index in [0.717, 1.165) is 11.3 Å². The molecule has 1 heterocycles. The van der Waals surface area contributed by atoms with Crippen LogP contribution in [-0.2, 0) is 11.3 Å². The lowest BCUT2D eigenvalue weighted by Crippen LogP contribution is -2.30. The van der Waals surface area contributed by atoms with E-state index < -0.39 is 0 Å². The van der Waals surface area contributed by atoms with Gasteiger partial charge in [-0.25, -0.2) is 4.68 Å². The van der Waals surface area contributed by atoms with Gasteiger partial charge < -0.3 is 11.1 Å². The minimum Gasteiger partial charge on any atom is -0.370 e. The lowest BCUT2D eigenvalue weighted by molar-refractivity contribution is -0.118. The molecule has 0 radical (unpaired) electrons. The molecule has 2 aromatic rings. The molecule has 0 spiro atoms. The van der Waals surface area contributed by atoms with Gasteiger partial charge >= 0.3 is 0 Å². The van der Waals surface area contributed by atoms with Crippen molar-refractivity contribution < 1.29 is 4.79 Å². The van der Waals surface area contributed by atoms with Gasteiger partial charge in [0.25, 0.3) is 0 Å². The van der Waals surface area contributed by atoms with Crippen molar-refractivity contribution in [1.82, 2.24) is 15.1 Å². The molecule has 0 aliphatic heterocycles. The highest BCUT2D eigenvalue weighted by molar-refractivity contribution is 5.74. The largest absolute Gasteiger partial charge is 0.370 e. The van der Waals surface area contributed by atoms with Crippen LogP contribution in [0.25, 0.3) is 5.69 Å². The van der Waals surface area contributed by atoms with Crippen LogP contribution in [0.5, 0.6) is 0 Å². The fourth-order valence-electron chi connectivity index (χ4n) is 1.84. The second kappa shape index (κ2) is 6.15. The summed E-state index contributed by atoms with van der Waals surface area (Å²) in [6.07, 6.45) is 4.13. The Morgan fingerprint density at radius 3 is 2.84 bits per heavy atom. The van der Waals surface area contributed by atoms with Gasteiger partial charge in [0.1, 0.15) is 0 Å². The quantitative estimate of drug-likeness (QED) is 0.818. The number of nitrogens with zero attached hydrogens (tertiary/aromatic N) is 2. The van der Waals surface area contributed by atoms with Crippen molar-refractivity contribution in [3.8, 4) is 5.69 Å². The van der Waals surface area contributed by atoms with Gasteiger partial charge in [0.05, 0.1) is 11.9 Å². The summed E-state index contributed by atoms with van der Waals surface area (Å²) in [5.41, 5.74) is 7.24. The number of rotatable bonds is 6. The zero-order valence-electron chi connectivity index (χ0n) is 10.9. The highest BCUT2D eigenvalue weighted by Gasteiger charge is 2.06. The fourth-order valence-corrected chi connectivity index (χ4v) is 1.84. The van der Waals surface area contributed by atoms with Gasteiger partial charge in [0.2, 0.25) is 5.91 Å². The summed E-state index contributed by atoms with van der Waals surface area (Å²) in [6.45, 7) is 2.60. The van der Waals surface area contributed by atoms with E-state index in [1.54, 1.807) is 0 Å². The Morgan fingerprint density at radius 1 is 1.42 bits per heavy atom. The Hall–Kier alpha value is -2.14. The van der Waals surface area contributed by atoms with Gasteiger partial charge in [-0.15, -0.1) is 0 Å². The van der Waals surface area contributed by atoms with Crippen LogP contribution in [-0.4, -0.2) is 21.7 Å². The van der Waals surface area contributed by atoms with Crippen LogP contribution in [0.2, 0.25) is 0 Å². The maximum atomic E-state index is 10.8. The summed E-state index contributed by atoms with van der Waals surface area (Å²) in [4.78, 5) is 10.8. The summed E-state index contributed by atoms with van der Waals surface area (Å²) in [5.74, 6) is -0.292. The molecule has 0 aliphatic carbocycles. The van der Waals surface area contributed by atoms with Crippen molar-refractivity contribution in [2.75, 3.05) is 0 Å². The number of amides is 1. The van der Waals surface area contributed by atoms with Crippen LogP contribution in [0.1, 0.15) is 18.9 Å². The Bertz CT molecular complexity index is 535. The fraction of sp³-hybridized carbons (Fsp3) is 0.286. The van der Waals surface area contributed by atoms with Crippen LogP contribution in [0, 0.1) is 0 Å². The molecule has 3 N–H and O–H groups in total. The molecular weight excluding hydrogens is 240 g/mol. The number of benzene rings is 1.